The van der Waals surface area contributed by atoms with Gasteiger partial charge < -0.3 is 4.40 Å². The van der Waals surface area contributed by atoms with Gasteiger partial charge in [0, 0.05) is 32.9 Å². The first-order chi connectivity index (χ1) is 10.6. The standard InChI is InChI=1S/C19H15N3/c1-10-4-15-13-6-11(2)20-8-17(13)22-18-9-21-12(3)7-14(18)16(5-10)19(15)22/h4-9H,1-3H3. The third-order valence-electron chi connectivity index (χ3n) is 4.58. The molecule has 5 rings (SSSR count). The van der Waals surface area contributed by atoms with Crippen molar-refractivity contribution >= 4 is 38.1 Å². The van der Waals surface area contributed by atoms with Crippen molar-refractivity contribution in [2.45, 2.75) is 20.8 Å². The maximum atomic E-state index is 4.51. The Morgan fingerprint density at radius 2 is 1.18 bits per heavy atom. The van der Waals surface area contributed by atoms with Crippen LogP contribution in [0.3, 0.4) is 0 Å². The Morgan fingerprint density at radius 3 is 1.68 bits per heavy atom. The van der Waals surface area contributed by atoms with Crippen molar-refractivity contribution in [1.82, 2.24) is 14.4 Å². The number of rotatable bonds is 0. The number of hydrogen-bond donors (Lipinski definition) is 0. The molecule has 0 atom stereocenters. The summed E-state index contributed by atoms with van der Waals surface area (Å²) in [5.41, 5.74) is 7.01. The van der Waals surface area contributed by atoms with Gasteiger partial charge in [-0.05, 0) is 50.6 Å². The van der Waals surface area contributed by atoms with Gasteiger partial charge in [-0.1, -0.05) is 0 Å². The molecule has 4 aromatic heterocycles. The minimum absolute atomic E-state index is 1.05. The van der Waals surface area contributed by atoms with E-state index in [-0.39, 0.29) is 0 Å². The summed E-state index contributed by atoms with van der Waals surface area (Å²) in [5.74, 6) is 0. The van der Waals surface area contributed by atoms with E-state index in [4.69, 9.17) is 0 Å². The second-order valence-electron chi connectivity index (χ2n) is 6.23. The van der Waals surface area contributed by atoms with Crippen LogP contribution >= 0.6 is 0 Å². The van der Waals surface area contributed by atoms with Crippen LogP contribution in [0.25, 0.3) is 38.1 Å². The minimum Gasteiger partial charge on any atom is -0.305 e. The largest absolute Gasteiger partial charge is 0.305 e. The van der Waals surface area contributed by atoms with Crippen molar-refractivity contribution < 1.29 is 0 Å². The zero-order valence-electron chi connectivity index (χ0n) is 12.8. The predicted molar refractivity (Wildman–Crippen MR) is 90.9 cm³/mol. The van der Waals surface area contributed by atoms with Crippen LogP contribution in [0.4, 0.5) is 0 Å². The van der Waals surface area contributed by atoms with Gasteiger partial charge in [-0.25, -0.2) is 0 Å². The lowest BCUT2D eigenvalue weighted by Crippen LogP contribution is -1.85. The topological polar surface area (TPSA) is 30.2 Å². The molecule has 106 valence electrons. The molecule has 22 heavy (non-hydrogen) atoms. The van der Waals surface area contributed by atoms with E-state index in [0.717, 1.165) is 22.4 Å². The van der Waals surface area contributed by atoms with Crippen LogP contribution in [0.15, 0.2) is 36.7 Å². The molecule has 0 aliphatic carbocycles. The van der Waals surface area contributed by atoms with Crippen molar-refractivity contribution in [1.29, 1.82) is 0 Å². The van der Waals surface area contributed by atoms with Gasteiger partial charge >= 0.3 is 0 Å². The molecule has 0 radical (unpaired) electrons. The molecule has 4 heterocycles. The third kappa shape index (κ3) is 1.31. The van der Waals surface area contributed by atoms with Crippen LogP contribution in [-0.4, -0.2) is 14.4 Å². The molecule has 0 bridgehead atoms. The molecule has 0 unspecified atom stereocenters. The normalized spacial score (nSPS) is 12.3. The number of nitrogens with zero attached hydrogens (tertiary/aromatic N) is 3. The molecule has 0 aliphatic rings. The molecule has 0 saturated heterocycles. The predicted octanol–water partition coefficient (Wildman–Crippen LogP) is 4.55. The van der Waals surface area contributed by atoms with Crippen molar-refractivity contribution in [2.75, 3.05) is 0 Å². The van der Waals surface area contributed by atoms with Crippen molar-refractivity contribution in [2.24, 2.45) is 0 Å². The van der Waals surface area contributed by atoms with Crippen molar-refractivity contribution in [3.05, 3.63) is 53.6 Å². The molecule has 0 amide bonds. The highest BCUT2D eigenvalue weighted by atomic mass is 14.9. The summed E-state index contributed by atoms with van der Waals surface area (Å²) in [6.07, 6.45) is 3.97. The summed E-state index contributed by atoms with van der Waals surface area (Å²) in [5, 5.41) is 5.17. The molecule has 0 N–H and O–H groups in total. The summed E-state index contributed by atoms with van der Waals surface area (Å²) in [7, 11) is 0. The average molecular weight is 285 g/mol. The van der Waals surface area contributed by atoms with E-state index in [0.29, 0.717) is 0 Å². The molecular weight excluding hydrogens is 270 g/mol. The van der Waals surface area contributed by atoms with Crippen LogP contribution in [0.1, 0.15) is 17.0 Å². The second-order valence-corrected chi connectivity index (χ2v) is 6.23. The minimum atomic E-state index is 1.05. The lowest BCUT2D eigenvalue weighted by molar-refractivity contribution is 1.19. The van der Waals surface area contributed by atoms with E-state index in [9.17, 15) is 0 Å². The highest BCUT2D eigenvalue weighted by Gasteiger charge is 2.18. The Hall–Kier alpha value is -2.68. The lowest BCUT2D eigenvalue weighted by atomic mass is 10.1. The highest BCUT2D eigenvalue weighted by molar-refractivity contribution is 6.23. The average Bonchev–Trinajstić information content (AvgIpc) is 2.96. The lowest BCUT2D eigenvalue weighted by Gasteiger charge is -1.99. The van der Waals surface area contributed by atoms with Crippen LogP contribution in [0.5, 0.6) is 0 Å². The molecule has 3 nitrogen and oxygen atoms in total. The zero-order valence-corrected chi connectivity index (χ0v) is 12.8. The van der Waals surface area contributed by atoms with Crippen LogP contribution in [0, 0.1) is 20.8 Å². The fraction of sp³-hybridized carbons (Fsp3) is 0.158. The molecule has 0 aliphatic heterocycles. The molecule has 3 heteroatoms. The Kier molecular flexibility index (Phi) is 2.03. The number of benzene rings is 1. The van der Waals surface area contributed by atoms with Crippen LogP contribution < -0.4 is 0 Å². The number of aromatic nitrogens is 3. The first kappa shape index (κ1) is 11.9. The first-order valence-electron chi connectivity index (χ1n) is 7.52. The van der Waals surface area contributed by atoms with E-state index in [1.54, 1.807) is 0 Å². The monoisotopic (exact) mass is 285 g/mol. The van der Waals surface area contributed by atoms with E-state index in [1.807, 2.05) is 26.2 Å². The highest BCUT2D eigenvalue weighted by Crippen LogP contribution is 2.39. The van der Waals surface area contributed by atoms with Crippen LogP contribution in [0.2, 0.25) is 0 Å². The van der Waals surface area contributed by atoms with Crippen molar-refractivity contribution in [3.63, 3.8) is 0 Å². The second kappa shape index (κ2) is 3.74. The van der Waals surface area contributed by atoms with Gasteiger partial charge in [-0.15, -0.1) is 0 Å². The molecule has 0 saturated carbocycles. The molecule has 1 aromatic carbocycles. The zero-order chi connectivity index (χ0) is 15.0. The molecule has 0 spiro atoms. The summed E-state index contributed by atoms with van der Waals surface area (Å²) in [6.45, 7) is 6.26. The summed E-state index contributed by atoms with van der Waals surface area (Å²) in [6, 6.07) is 8.93. The Morgan fingerprint density at radius 1 is 0.682 bits per heavy atom. The van der Waals surface area contributed by atoms with Gasteiger partial charge in [0.2, 0.25) is 0 Å². The Labute approximate surface area is 127 Å². The van der Waals surface area contributed by atoms with Crippen molar-refractivity contribution in [3.8, 4) is 0 Å². The van der Waals surface area contributed by atoms with Gasteiger partial charge in [0.05, 0.1) is 28.9 Å². The molecule has 5 aromatic rings. The number of hydrogen-bond acceptors (Lipinski definition) is 2. The van der Waals surface area contributed by atoms with Gasteiger partial charge in [0.1, 0.15) is 0 Å². The molecule has 0 fully saturated rings. The van der Waals surface area contributed by atoms with E-state index >= 15 is 0 Å². The van der Waals surface area contributed by atoms with Gasteiger partial charge in [0.15, 0.2) is 0 Å². The van der Waals surface area contributed by atoms with Gasteiger partial charge in [-0.2, -0.15) is 0 Å². The number of pyridine rings is 2. The SMILES string of the molecule is Cc1cc2c3cc(C)ncc3n3c4cnc(C)cc4c(c1)c23. The van der Waals surface area contributed by atoms with Crippen LogP contribution in [-0.2, 0) is 0 Å². The fourth-order valence-electron chi connectivity index (χ4n) is 3.69. The number of aryl methyl sites for hydroxylation is 3. The summed E-state index contributed by atoms with van der Waals surface area (Å²) >= 11 is 0. The Bertz CT molecular complexity index is 1110. The number of fused-ring (bicyclic) bond motifs is 6. The Balaban J connectivity index is 2.22. The van der Waals surface area contributed by atoms with Gasteiger partial charge in [-0.3, -0.25) is 9.97 Å². The fourth-order valence-corrected chi connectivity index (χ4v) is 3.69. The molecular formula is C19H15N3. The smallest absolute Gasteiger partial charge is 0.0725 e. The third-order valence-corrected chi connectivity index (χ3v) is 4.58. The summed E-state index contributed by atoms with van der Waals surface area (Å²) < 4.78 is 2.31. The first-order valence-corrected chi connectivity index (χ1v) is 7.52. The maximum Gasteiger partial charge on any atom is 0.0725 e. The van der Waals surface area contributed by atoms with Gasteiger partial charge in [0.25, 0.3) is 0 Å². The summed E-state index contributed by atoms with van der Waals surface area (Å²) in [4.78, 5) is 9.01. The maximum absolute atomic E-state index is 4.51. The quantitative estimate of drug-likeness (QED) is 0.418. The van der Waals surface area contributed by atoms with E-state index in [2.05, 4.69) is 45.6 Å². The van der Waals surface area contributed by atoms with E-state index in [1.165, 1.54) is 32.6 Å². The van der Waals surface area contributed by atoms with E-state index < -0.39 is 0 Å².